The van der Waals surface area contributed by atoms with Crippen LogP contribution >= 0.6 is 0 Å². The lowest BCUT2D eigenvalue weighted by Crippen LogP contribution is -2.36. The van der Waals surface area contributed by atoms with E-state index < -0.39 is 17.6 Å². The maximum Gasteiger partial charge on any atom is 0.449 e. The number of halogens is 3. The van der Waals surface area contributed by atoms with Crippen LogP contribution in [0.15, 0.2) is 17.2 Å². The average Bonchev–Trinajstić information content (AvgIpc) is 2.49. The maximum absolute atomic E-state index is 12.7. The molecule has 0 bridgehead atoms. The van der Waals surface area contributed by atoms with Gasteiger partial charge in [-0.05, 0) is 0 Å². The predicted molar refractivity (Wildman–Crippen MR) is 74.1 cm³/mol. The van der Waals surface area contributed by atoms with Gasteiger partial charge in [-0.1, -0.05) is 0 Å². The Bertz CT molecular complexity index is 771. The first kappa shape index (κ1) is 15.4. The van der Waals surface area contributed by atoms with E-state index in [4.69, 9.17) is 5.73 Å². The Kier molecular flexibility index (Phi) is 3.76. The van der Waals surface area contributed by atoms with Crippen molar-refractivity contribution in [1.29, 1.82) is 0 Å². The molecule has 3 rings (SSSR count). The van der Waals surface area contributed by atoms with Crippen molar-refractivity contribution in [3.8, 4) is 0 Å². The Labute approximate surface area is 128 Å². The molecule has 3 heterocycles. The Balaban J connectivity index is 1.81. The van der Waals surface area contributed by atoms with Gasteiger partial charge in [0.2, 0.25) is 11.8 Å². The molecule has 0 spiro atoms. The van der Waals surface area contributed by atoms with Crippen LogP contribution in [0.3, 0.4) is 0 Å². The summed E-state index contributed by atoms with van der Waals surface area (Å²) in [6.07, 6.45) is -1.23. The van der Waals surface area contributed by atoms with E-state index in [-0.39, 0.29) is 30.2 Å². The van der Waals surface area contributed by atoms with Crippen LogP contribution in [0.1, 0.15) is 22.6 Å². The summed E-state index contributed by atoms with van der Waals surface area (Å²) in [5, 5.41) is 0. The van der Waals surface area contributed by atoms with Gasteiger partial charge in [-0.15, -0.1) is 0 Å². The number of nitrogens with two attached hydrogens (primary N) is 1. The van der Waals surface area contributed by atoms with Gasteiger partial charge in [0.05, 0.1) is 11.3 Å². The number of alkyl halides is 3. The molecule has 2 aromatic rings. The topological polar surface area (TPSA) is 101 Å². The zero-order chi connectivity index (χ0) is 16.6. The van der Waals surface area contributed by atoms with Crippen molar-refractivity contribution in [2.45, 2.75) is 25.7 Å². The van der Waals surface area contributed by atoms with Crippen molar-refractivity contribution in [3.05, 3.63) is 45.4 Å². The van der Waals surface area contributed by atoms with Gasteiger partial charge in [-0.3, -0.25) is 9.69 Å². The van der Waals surface area contributed by atoms with Gasteiger partial charge in [0.25, 0.3) is 5.56 Å². The van der Waals surface area contributed by atoms with E-state index >= 15 is 0 Å². The largest absolute Gasteiger partial charge is 0.449 e. The van der Waals surface area contributed by atoms with Gasteiger partial charge in [-0.25, -0.2) is 15.0 Å². The van der Waals surface area contributed by atoms with Crippen molar-refractivity contribution < 1.29 is 13.2 Å². The van der Waals surface area contributed by atoms with Crippen LogP contribution in [0.5, 0.6) is 0 Å². The molecule has 1 aliphatic heterocycles. The van der Waals surface area contributed by atoms with Gasteiger partial charge < -0.3 is 10.7 Å². The van der Waals surface area contributed by atoms with Crippen LogP contribution in [-0.2, 0) is 25.7 Å². The number of nitrogens with zero attached hydrogens (tertiary/aromatic N) is 4. The second kappa shape index (κ2) is 5.61. The Hall–Kier alpha value is -2.49. The highest BCUT2D eigenvalue weighted by atomic mass is 19.4. The number of nitrogen functional groups attached to an aromatic ring is 1. The van der Waals surface area contributed by atoms with E-state index in [1.807, 2.05) is 9.88 Å². The number of hydrogen-bond acceptors (Lipinski definition) is 6. The molecule has 0 unspecified atom stereocenters. The number of aromatic amines is 1. The molecule has 1 aliphatic rings. The number of rotatable bonds is 2. The van der Waals surface area contributed by atoms with E-state index in [1.165, 1.54) is 0 Å². The fraction of sp³-hybridized carbons (Fsp3) is 0.385. The van der Waals surface area contributed by atoms with Gasteiger partial charge in [0.1, 0.15) is 0 Å². The van der Waals surface area contributed by atoms with Crippen LogP contribution in [0.25, 0.3) is 0 Å². The first-order chi connectivity index (χ1) is 10.8. The minimum absolute atomic E-state index is 0.165. The smallest absolute Gasteiger partial charge is 0.368 e. The molecular formula is C13H13F3N6O. The Morgan fingerprint density at radius 3 is 2.65 bits per heavy atom. The van der Waals surface area contributed by atoms with Crippen LogP contribution in [-0.4, -0.2) is 31.4 Å². The number of aromatic nitrogens is 4. The summed E-state index contributed by atoms with van der Waals surface area (Å²) in [6, 6.07) is 0. The number of hydrogen-bond donors (Lipinski definition) is 2. The summed E-state index contributed by atoms with van der Waals surface area (Å²) in [6.45, 7) is 1.19. The average molecular weight is 326 g/mol. The Morgan fingerprint density at radius 2 is 2.00 bits per heavy atom. The molecule has 3 N–H and O–H groups in total. The molecular weight excluding hydrogens is 313 g/mol. The fourth-order valence-electron chi connectivity index (χ4n) is 2.45. The summed E-state index contributed by atoms with van der Waals surface area (Å²) in [7, 11) is 0. The standard InChI is InChI=1S/C13H13F3N6O/c14-13(15,16)11-20-9-1-2-22(6-8(9)10(23)21-11)5-7-3-18-12(17)19-4-7/h3-4H,1-2,5-6H2,(H2,17,18,19)(H,20,21,23). The minimum Gasteiger partial charge on any atom is -0.368 e. The number of fused-ring (bicyclic) bond motifs is 1. The number of nitrogens with one attached hydrogen (secondary N) is 1. The van der Waals surface area contributed by atoms with Crippen molar-refractivity contribution in [1.82, 2.24) is 24.8 Å². The number of anilines is 1. The van der Waals surface area contributed by atoms with Gasteiger partial charge >= 0.3 is 6.18 Å². The molecule has 0 atom stereocenters. The van der Waals surface area contributed by atoms with Crippen LogP contribution in [0.4, 0.5) is 19.1 Å². The van der Waals surface area contributed by atoms with Gasteiger partial charge in [0, 0.05) is 44.0 Å². The van der Waals surface area contributed by atoms with E-state index in [9.17, 15) is 18.0 Å². The molecule has 0 aliphatic carbocycles. The molecule has 23 heavy (non-hydrogen) atoms. The lowest BCUT2D eigenvalue weighted by molar-refractivity contribution is -0.145. The molecule has 0 fully saturated rings. The van der Waals surface area contributed by atoms with Crippen molar-refractivity contribution in [2.24, 2.45) is 0 Å². The predicted octanol–water partition coefficient (Wildman–Crippen LogP) is 0.719. The second-order valence-electron chi connectivity index (χ2n) is 5.25. The lowest BCUT2D eigenvalue weighted by Gasteiger charge is -2.27. The number of H-pyrrole nitrogens is 1. The third-order valence-corrected chi connectivity index (χ3v) is 3.55. The molecule has 7 nitrogen and oxygen atoms in total. The first-order valence-corrected chi connectivity index (χ1v) is 6.81. The summed E-state index contributed by atoms with van der Waals surface area (Å²) in [5.41, 5.74) is 5.93. The molecule has 2 aromatic heterocycles. The highest BCUT2D eigenvalue weighted by Gasteiger charge is 2.35. The minimum atomic E-state index is -4.66. The zero-order valence-corrected chi connectivity index (χ0v) is 11.9. The summed E-state index contributed by atoms with van der Waals surface area (Å²) in [5.74, 6) is -1.08. The van der Waals surface area contributed by atoms with Crippen LogP contribution in [0, 0.1) is 0 Å². The summed E-state index contributed by atoms with van der Waals surface area (Å²) in [4.78, 5) is 26.9. The van der Waals surface area contributed by atoms with Gasteiger partial charge in [0.15, 0.2) is 0 Å². The maximum atomic E-state index is 12.7. The summed E-state index contributed by atoms with van der Waals surface area (Å²) >= 11 is 0. The van der Waals surface area contributed by atoms with E-state index in [1.54, 1.807) is 12.4 Å². The molecule has 0 aromatic carbocycles. The van der Waals surface area contributed by atoms with Crippen LogP contribution < -0.4 is 11.3 Å². The lowest BCUT2D eigenvalue weighted by atomic mass is 10.1. The highest BCUT2D eigenvalue weighted by Crippen LogP contribution is 2.26. The molecule has 0 saturated carbocycles. The van der Waals surface area contributed by atoms with E-state index in [0.717, 1.165) is 5.56 Å². The fourth-order valence-corrected chi connectivity index (χ4v) is 2.45. The third-order valence-electron chi connectivity index (χ3n) is 3.55. The SMILES string of the molecule is Nc1ncc(CN2CCc3nc(C(F)(F)F)[nH]c(=O)c3C2)cn1. The van der Waals surface area contributed by atoms with E-state index in [2.05, 4.69) is 15.0 Å². The van der Waals surface area contributed by atoms with E-state index in [0.29, 0.717) is 13.1 Å². The molecule has 10 heteroatoms. The normalized spacial score (nSPS) is 15.4. The molecule has 122 valence electrons. The molecule has 0 radical (unpaired) electrons. The highest BCUT2D eigenvalue weighted by molar-refractivity contribution is 5.22. The zero-order valence-electron chi connectivity index (χ0n) is 11.9. The van der Waals surface area contributed by atoms with Gasteiger partial charge in [-0.2, -0.15) is 13.2 Å². The Morgan fingerprint density at radius 1 is 1.30 bits per heavy atom. The summed E-state index contributed by atoms with van der Waals surface area (Å²) < 4.78 is 38.0. The second-order valence-corrected chi connectivity index (χ2v) is 5.25. The molecule has 0 amide bonds. The monoisotopic (exact) mass is 326 g/mol. The van der Waals surface area contributed by atoms with Crippen molar-refractivity contribution in [3.63, 3.8) is 0 Å². The van der Waals surface area contributed by atoms with Crippen molar-refractivity contribution >= 4 is 5.95 Å². The quantitative estimate of drug-likeness (QED) is 0.843. The first-order valence-electron chi connectivity index (χ1n) is 6.81. The molecule has 0 saturated heterocycles. The van der Waals surface area contributed by atoms with Crippen molar-refractivity contribution in [2.75, 3.05) is 12.3 Å². The van der Waals surface area contributed by atoms with Crippen LogP contribution in [0.2, 0.25) is 0 Å². The third kappa shape index (κ3) is 3.31.